The molecule has 0 heterocycles. The summed E-state index contributed by atoms with van der Waals surface area (Å²) in [6.07, 6.45) is 0. The van der Waals surface area contributed by atoms with Gasteiger partial charge in [-0.15, -0.1) is 11.6 Å². The predicted octanol–water partition coefficient (Wildman–Crippen LogP) is 4.33. The topological polar surface area (TPSA) is 9.23 Å². The van der Waals surface area contributed by atoms with Gasteiger partial charge in [-0.2, -0.15) is 8.78 Å². The number of ether oxygens (including phenoxy) is 1. The number of halogens is 5. The molecule has 0 saturated heterocycles. The largest absolute Gasteiger partial charge is 0.433 e. The average molecular weight is 261 g/mol. The van der Waals surface area contributed by atoms with E-state index in [0.29, 0.717) is 10.6 Å². The lowest BCUT2D eigenvalue weighted by atomic mass is 10.2. The number of rotatable bonds is 3. The van der Waals surface area contributed by atoms with E-state index in [1.165, 1.54) is 12.1 Å². The third-order valence-corrected chi connectivity index (χ3v) is 2.22. The Balaban J connectivity index is 3.11. The zero-order valence-corrected chi connectivity index (χ0v) is 9.01. The van der Waals surface area contributed by atoms with Crippen LogP contribution in [0, 0.1) is 0 Å². The molecule has 1 aromatic rings. The van der Waals surface area contributed by atoms with Gasteiger partial charge in [0.25, 0.3) is 0 Å². The Labute approximate surface area is 94.5 Å². The molecule has 1 nitrogen and oxygen atoms in total. The van der Waals surface area contributed by atoms with Crippen LogP contribution in [-0.2, 0) is 5.88 Å². The van der Waals surface area contributed by atoms with Crippen LogP contribution < -0.4 is 4.74 Å². The van der Waals surface area contributed by atoms with Crippen LogP contribution in [-0.4, -0.2) is 6.61 Å². The smallest absolute Gasteiger partial charge is 0.387 e. The Morgan fingerprint density at radius 1 is 1.29 bits per heavy atom. The summed E-state index contributed by atoms with van der Waals surface area (Å²) in [5, 5.41) is 0.348. The fraction of sp³-hybridized carbons (Fsp3) is 0.250. The van der Waals surface area contributed by atoms with Crippen molar-refractivity contribution >= 4 is 34.8 Å². The quantitative estimate of drug-likeness (QED) is 0.736. The van der Waals surface area contributed by atoms with Gasteiger partial charge in [-0.1, -0.05) is 23.2 Å². The number of hydrogen-bond donors (Lipinski definition) is 0. The van der Waals surface area contributed by atoms with Crippen LogP contribution in [0.1, 0.15) is 5.56 Å². The molecule has 0 radical (unpaired) electrons. The molecule has 0 aliphatic carbocycles. The molecule has 78 valence electrons. The summed E-state index contributed by atoms with van der Waals surface area (Å²) >= 11 is 16.8. The van der Waals surface area contributed by atoms with E-state index < -0.39 is 6.61 Å². The molecule has 0 bridgehead atoms. The van der Waals surface area contributed by atoms with Gasteiger partial charge >= 0.3 is 6.61 Å². The molecule has 0 fully saturated rings. The van der Waals surface area contributed by atoms with Gasteiger partial charge in [-0.05, 0) is 12.1 Å². The molecule has 0 unspecified atom stereocenters. The Kier molecular flexibility index (Phi) is 4.23. The zero-order valence-electron chi connectivity index (χ0n) is 6.74. The minimum Gasteiger partial charge on any atom is -0.433 e. The molecular formula is C8H5Cl3F2O. The van der Waals surface area contributed by atoms with Gasteiger partial charge in [0.1, 0.15) is 5.75 Å². The molecule has 6 heteroatoms. The van der Waals surface area contributed by atoms with Crippen LogP contribution in [0.5, 0.6) is 5.75 Å². The van der Waals surface area contributed by atoms with Gasteiger partial charge < -0.3 is 4.74 Å². The third kappa shape index (κ3) is 2.87. The van der Waals surface area contributed by atoms with E-state index in [4.69, 9.17) is 34.8 Å². The Morgan fingerprint density at radius 3 is 2.43 bits per heavy atom. The number of benzene rings is 1. The molecule has 1 aromatic carbocycles. The average Bonchev–Trinajstić information content (AvgIpc) is 2.08. The Hall–Kier alpha value is -0.250. The van der Waals surface area contributed by atoms with Gasteiger partial charge in [0.2, 0.25) is 0 Å². The summed E-state index contributed by atoms with van der Waals surface area (Å²) in [6.45, 7) is -2.93. The Bertz CT molecular complexity index is 331. The van der Waals surface area contributed by atoms with Gasteiger partial charge in [-0.25, -0.2) is 0 Å². The summed E-state index contributed by atoms with van der Waals surface area (Å²) < 4.78 is 28.1. The van der Waals surface area contributed by atoms with Crippen LogP contribution in [0.15, 0.2) is 12.1 Å². The van der Waals surface area contributed by atoms with E-state index in [9.17, 15) is 8.78 Å². The van der Waals surface area contributed by atoms with Crippen molar-refractivity contribution in [1.82, 2.24) is 0 Å². The van der Waals surface area contributed by atoms with Crippen LogP contribution in [0.3, 0.4) is 0 Å². The standard InChI is InChI=1S/C8H5Cl3F2O/c9-3-4-1-5(10)2-6(11)7(4)14-8(12)13/h1-2,8H,3H2. The van der Waals surface area contributed by atoms with Gasteiger partial charge in [0.15, 0.2) is 0 Å². The summed E-state index contributed by atoms with van der Waals surface area (Å²) in [5.74, 6) is -0.122. The molecule has 0 amide bonds. The molecule has 0 spiro atoms. The van der Waals surface area contributed by atoms with E-state index >= 15 is 0 Å². The van der Waals surface area contributed by atoms with Gasteiger partial charge in [0.05, 0.1) is 10.9 Å². The second-order valence-electron chi connectivity index (χ2n) is 2.39. The van der Waals surface area contributed by atoms with Gasteiger partial charge in [0, 0.05) is 10.6 Å². The lowest BCUT2D eigenvalue weighted by molar-refractivity contribution is -0.0502. The molecule has 0 aliphatic heterocycles. The lowest BCUT2D eigenvalue weighted by Crippen LogP contribution is -2.04. The summed E-state index contributed by atoms with van der Waals surface area (Å²) in [7, 11) is 0. The van der Waals surface area contributed by atoms with Crippen molar-refractivity contribution in [3.63, 3.8) is 0 Å². The lowest BCUT2D eigenvalue weighted by Gasteiger charge is -2.10. The molecule has 0 aliphatic rings. The minimum absolute atomic E-state index is 0.00231. The fourth-order valence-corrected chi connectivity index (χ4v) is 1.71. The molecule has 14 heavy (non-hydrogen) atoms. The first kappa shape index (κ1) is 11.8. The molecule has 1 rings (SSSR count). The Morgan fingerprint density at radius 2 is 1.93 bits per heavy atom. The highest BCUT2D eigenvalue weighted by atomic mass is 35.5. The summed E-state index contributed by atoms with van der Waals surface area (Å²) in [6, 6.07) is 2.75. The van der Waals surface area contributed by atoms with E-state index in [1.807, 2.05) is 0 Å². The van der Waals surface area contributed by atoms with Crippen LogP contribution >= 0.6 is 34.8 Å². The second-order valence-corrected chi connectivity index (χ2v) is 3.50. The van der Waals surface area contributed by atoms with Crippen molar-refractivity contribution < 1.29 is 13.5 Å². The van der Waals surface area contributed by atoms with Crippen molar-refractivity contribution in [2.75, 3.05) is 0 Å². The van der Waals surface area contributed by atoms with Crippen LogP contribution in [0.4, 0.5) is 8.78 Å². The highest BCUT2D eigenvalue weighted by Crippen LogP contribution is 2.34. The maximum Gasteiger partial charge on any atom is 0.387 e. The zero-order chi connectivity index (χ0) is 10.7. The minimum atomic E-state index is -2.93. The van der Waals surface area contributed by atoms with Crippen molar-refractivity contribution in [1.29, 1.82) is 0 Å². The van der Waals surface area contributed by atoms with E-state index in [-0.39, 0.29) is 16.7 Å². The van der Waals surface area contributed by atoms with Gasteiger partial charge in [-0.3, -0.25) is 0 Å². The van der Waals surface area contributed by atoms with Crippen molar-refractivity contribution in [2.45, 2.75) is 12.5 Å². The van der Waals surface area contributed by atoms with Crippen molar-refractivity contribution in [3.05, 3.63) is 27.7 Å². The highest BCUT2D eigenvalue weighted by Gasteiger charge is 2.14. The predicted molar refractivity (Wildman–Crippen MR) is 52.7 cm³/mol. The highest BCUT2D eigenvalue weighted by molar-refractivity contribution is 6.35. The van der Waals surface area contributed by atoms with Crippen molar-refractivity contribution in [2.24, 2.45) is 0 Å². The molecule has 0 saturated carbocycles. The van der Waals surface area contributed by atoms with Crippen LogP contribution in [0.25, 0.3) is 0 Å². The first-order valence-electron chi connectivity index (χ1n) is 3.53. The normalized spacial score (nSPS) is 10.7. The monoisotopic (exact) mass is 260 g/mol. The first-order valence-corrected chi connectivity index (χ1v) is 4.82. The first-order chi connectivity index (χ1) is 6.54. The number of hydrogen-bond acceptors (Lipinski definition) is 1. The second kappa shape index (κ2) is 5.01. The third-order valence-electron chi connectivity index (χ3n) is 1.44. The molecule has 0 aromatic heterocycles. The molecule has 0 atom stereocenters. The number of alkyl halides is 3. The summed E-state index contributed by atoms with van der Waals surface area (Å²) in [4.78, 5) is 0. The van der Waals surface area contributed by atoms with E-state index in [2.05, 4.69) is 4.74 Å². The van der Waals surface area contributed by atoms with Crippen LogP contribution in [0.2, 0.25) is 10.0 Å². The maximum atomic E-state index is 12.0. The fourth-order valence-electron chi connectivity index (χ4n) is 0.934. The SMILES string of the molecule is FC(F)Oc1c(Cl)cc(Cl)cc1CCl. The van der Waals surface area contributed by atoms with E-state index in [0.717, 1.165) is 0 Å². The van der Waals surface area contributed by atoms with Crippen molar-refractivity contribution in [3.8, 4) is 5.75 Å². The maximum absolute atomic E-state index is 12.0. The molecular weight excluding hydrogens is 256 g/mol. The molecule has 0 N–H and O–H groups in total. The van der Waals surface area contributed by atoms with E-state index in [1.54, 1.807) is 0 Å². The summed E-state index contributed by atoms with van der Waals surface area (Å²) in [5.41, 5.74) is 0.337.